The number of rotatable bonds is 2. The molecule has 2 heterocycles. The Kier molecular flexibility index (Phi) is 3.58. The van der Waals surface area contributed by atoms with E-state index in [0.717, 1.165) is 33.3 Å². The van der Waals surface area contributed by atoms with E-state index in [-0.39, 0.29) is 6.04 Å². The van der Waals surface area contributed by atoms with Crippen LogP contribution >= 0.6 is 0 Å². The van der Waals surface area contributed by atoms with Crippen LogP contribution in [0.1, 0.15) is 29.7 Å². The van der Waals surface area contributed by atoms with Gasteiger partial charge in [0, 0.05) is 29.4 Å². The van der Waals surface area contributed by atoms with Gasteiger partial charge in [-0.2, -0.15) is 5.26 Å². The maximum atomic E-state index is 9.51. The Bertz CT molecular complexity index is 877. The molecule has 0 aliphatic carbocycles. The van der Waals surface area contributed by atoms with Gasteiger partial charge in [0.15, 0.2) is 0 Å². The number of hydrogen-bond acceptors (Lipinski definition) is 4. The van der Waals surface area contributed by atoms with E-state index in [1.807, 2.05) is 44.2 Å². The zero-order valence-electron chi connectivity index (χ0n) is 12.5. The van der Waals surface area contributed by atoms with Gasteiger partial charge in [0.2, 0.25) is 0 Å². The lowest BCUT2D eigenvalue weighted by molar-refractivity contribution is 0.823. The highest BCUT2D eigenvalue weighted by Gasteiger charge is 2.13. The fourth-order valence-corrected chi connectivity index (χ4v) is 2.61. The summed E-state index contributed by atoms with van der Waals surface area (Å²) in [5, 5.41) is 10.4. The normalized spacial score (nSPS) is 12.1. The monoisotopic (exact) mass is 288 g/mol. The lowest BCUT2D eigenvalue weighted by Crippen LogP contribution is -2.07. The van der Waals surface area contributed by atoms with Crippen molar-refractivity contribution in [3.63, 3.8) is 0 Å². The Morgan fingerprint density at radius 2 is 1.91 bits per heavy atom. The summed E-state index contributed by atoms with van der Waals surface area (Å²) in [6.45, 7) is 3.93. The fraction of sp³-hybridized carbons (Fsp3) is 0.167. The minimum Gasteiger partial charge on any atom is -0.324 e. The maximum absolute atomic E-state index is 9.51. The highest BCUT2D eigenvalue weighted by Crippen LogP contribution is 2.29. The third-order valence-electron chi connectivity index (χ3n) is 3.67. The van der Waals surface area contributed by atoms with Crippen LogP contribution in [0.4, 0.5) is 0 Å². The number of pyridine rings is 2. The zero-order valence-corrected chi connectivity index (χ0v) is 12.5. The Morgan fingerprint density at radius 1 is 1.18 bits per heavy atom. The largest absolute Gasteiger partial charge is 0.324 e. The summed E-state index contributed by atoms with van der Waals surface area (Å²) in [5.41, 5.74) is 11.2. The number of aryl methyl sites for hydroxylation is 1. The van der Waals surface area contributed by atoms with E-state index in [0.29, 0.717) is 5.56 Å². The average Bonchev–Trinajstić information content (AvgIpc) is 2.53. The molecule has 0 amide bonds. The van der Waals surface area contributed by atoms with Gasteiger partial charge in [0.05, 0.1) is 22.8 Å². The van der Waals surface area contributed by atoms with Crippen LogP contribution in [0.5, 0.6) is 0 Å². The number of nitriles is 1. The minimum atomic E-state index is -0.144. The van der Waals surface area contributed by atoms with Crippen molar-refractivity contribution in [2.24, 2.45) is 5.73 Å². The van der Waals surface area contributed by atoms with Crippen molar-refractivity contribution >= 4 is 10.9 Å². The molecule has 3 aromatic rings. The molecule has 1 unspecified atom stereocenters. The van der Waals surface area contributed by atoms with Gasteiger partial charge in [-0.15, -0.1) is 0 Å². The van der Waals surface area contributed by atoms with E-state index in [1.165, 1.54) is 0 Å². The first-order chi connectivity index (χ1) is 10.6. The second-order valence-corrected chi connectivity index (χ2v) is 5.44. The molecule has 108 valence electrons. The van der Waals surface area contributed by atoms with Crippen molar-refractivity contribution < 1.29 is 0 Å². The quantitative estimate of drug-likeness (QED) is 0.783. The van der Waals surface area contributed by atoms with Crippen molar-refractivity contribution in [2.75, 3.05) is 0 Å². The number of fused-ring (bicyclic) bond motifs is 1. The predicted octanol–water partition coefficient (Wildman–Crippen LogP) is 3.50. The van der Waals surface area contributed by atoms with Gasteiger partial charge < -0.3 is 5.73 Å². The third-order valence-corrected chi connectivity index (χ3v) is 3.67. The van der Waals surface area contributed by atoms with Crippen molar-refractivity contribution in [3.05, 3.63) is 59.4 Å². The van der Waals surface area contributed by atoms with Gasteiger partial charge in [-0.3, -0.25) is 4.98 Å². The standard InChI is InChI=1S/C18H16N4/c1-11-7-15(12(2)20)18-16(8-11)14(10-19)9-17(22-18)13-3-5-21-6-4-13/h3-9,12H,20H2,1-2H3. The number of nitrogens with zero attached hydrogens (tertiary/aromatic N) is 3. The summed E-state index contributed by atoms with van der Waals surface area (Å²) in [4.78, 5) is 8.78. The molecule has 0 spiro atoms. The molecule has 0 radical (unpaired) electrons. The molecule has 0 aliphatic rings. The summed E-state index contributed by atoms with van der Waals surface area (Å²) >= 11 is 0. The Morgan fingerprint density at radius 3 is 2.55 bits per heavy atom. The zero-order chi connectivity index (χ0) is 15.7. The van der Waals surface area contributed by atoms with E-state index in [4.69, 9.17) is 10.7 Å². The molecule has 1 aromatic carbocycles. The van der Waals surface area contributed by atoms with Crippen LogP contribution in [0.2, 0.25) is 0 Å². The van der Waals surface area contributed by atoms with Gasteiger partial charge in [0.25, 0.3) is 0 Å². The van der Waals surface area contributed by atoms with Gasteiger partial charge in [-0.1, -0.05) is 11.6 Å². The van der Waals surface area contributed by atoms with E-state index in [9.17, 15) is 5.26 Å². The van der Waals surface area contributed by atoms with Crippen LogP contribution < -0.4 is 5.73 Å². The topological polar surface area (TPSA) is 75.6 Å². The highest BCUT2D eigenvalue weighted by molar-refractivity contribution is 5.90. The van der Waals surface area contributed by atoms with E-state index >= 15 is 0 Å². The van der Waals surface area contributed by atoms with Crippen LogP contribution in [-0.4, -0.2) is 9.97 Å². The van der Waals surface area contributed by atoms with Crippen molar-refractivity contribution in [2.45, 2.75) is 19.9 Å². The third kappa shape index (κ3) is 2.43. The summed E-state index contributed by atoms with van der Waals surface area (Å²) in [7, 11) is 0. The number of nitrogens with two attached hydrogens (primary N) is 1. The summed E-state index contributed by atoms with van der Waals surface area (Å²) in [6, 6.07) is 11.8. The van der Waals surface area contributed by atoms with E-state index in [2.05, 4.69) is 11.1 Å². The van der Waals surface area contributed by atoms with Crippen molar-refractivity contribution in [3.8, 4) is 17.3 Å². The van der Waals surface area contributed by atoms with Gasteiger partial charge >= 0.3 is 0 Å². The van der Waals surface area contributed by atoms with E-state index in [1.54, 1.807) is 12.4 Å². The van der Waals surface area contributed by atoms with Crippen LogP contribution in [0, 0.1) is 18.3 Å². The van der Waals surface area contributed by atoms with Gasteiger partial charge in [-0.25, -0.2) is 4.98 Å². The number of hydrogen-bond donors (Lipinski definition) is 1. The van der Waals surface area contributed by atoms with Crippen LogP contribution in [0.15, 0.2) is 42.7 Å². The van der Waals surface area contributed by atoms with Crippen LogP contribution in [-0.2, 0) is 0 Å². The number of benzene rings is 1. The Labute approximate surface area is 129 Å². The molecule has 0 bridgehead atoms. The molecule has 0 fully saturated rings. The minimum absolute atomic E-state index is 0.144. The van der Waals surface area contributed by atoms with Gasteiger partial charge in [0.1, 0.15) is 0 Å². The summed E-state index contributed by atoms with van der Waals surface area (Å²) in [6.07, 6.45) is 3.43. The predicted molar refractivity (Wildman–Crippen MR) is 87.0 cm³/mol. The smallest absolute Gasteiger partial charge is 0.0999 e. The first-order valence-electron chi connectivity index (χ1n) is 7.11. The van der Waals surface area contributed by atoms with Crippen molar-refractivity contribution in [1.82, 2.24) is 9.97 Å². The van der Waals surface area contributed by atoms with Crippen LogP contribution in [0.3, 0.4) is 0 Å². The molecule has 0 saturated carbocycles. The second kappa shape index (κ2) is 5.55. The first-order valence-corrected chi connectivity index (χ1v) is 7.11. The lowest BCUT2D eigenvalue weighted by Gasteiger charge is -2.13. The molecular formula is C18H16N4. The first kappa shape index (κ1) is 14.2. The van der Waals surface area contributed by atoms with E-state index < -0.39 is 0 Å². The Hall–Kier alpha value is -2.77. The van der Waals surface area contributed by atoms with Crippen LogP contribution in [0.25, 0.3) is 22.2 Å². The molecule has 2 N–H and O–H groups in total. The SMILES string of the molecule is Cc1cc(C(C)N)c2nc(-c3ccncc3)cc(C#N)c2c1. The molecular weight excluding hydrogens is 272 g/mol. The summed E-state index contributed by atoms with van der Waals surface area (Å²) < 4.78 is 0. The molecule has 2 aromatic heterocycles. The molecule has 1 atom stereocenters. The second-order valence-electron chi connectivity index (χ2n) is 5.44. The fourth-order valence-electron chi connectivity index (χ4n) is 2.61. The molecule has 4 nitrogen and oxygen atoms in total. The molecule has 4 heteroatoms. The maximum Gasteiger partial charge on any atom is 0.0999 e. The van der Waals surface area contributed by atoms with Crippen molar-refractivity contribution in [1.29, 1.82) is 5.26 Å². The lowest BCUT2D eigenvalue weighted by atomic mass is 9.97. The summed E-state index contributed by atoms with van der Waals surface area (Å²) in [5.74, 6) is 0. The highest BCUT2D eigenvalue weighted by atomic mass is 14.7. The van der Waals surface area contributed by atoms with Gasteiger partial charge in [-0.05, 0) is 43.7 Å². The molecule has 0 aliphatic heterocycles. The Balaban J connectivity index is 2.38. The number of aromatic nitrogens is 2. The molecule has 0 saturated heterocycles. The molecule has 22 heavy (non-hydrogen) atoms. The average molecular weight is 288 g/mol. The molecule has 3 rings (SSSR count).